The lowest BCUT2D eigenvalue weighted by atomic mass is 10.0. The molecule has 0 aliphatic rings. The first-order valence-corrected chi connectivity index (χ1v) is 30.6. The number of esters is 2. The number of benzene rings is 9. The number of likely N-dealkylation sites (N-methyl/N-ethyl adjacent to an activating group) is 1. The zero-order valence-corrected chi connectivity index (χ0v) is 48.8. The smallest absolute Gasteiger partial charge is 0.371 e. The van der Waals surface area contributed by atoms with Crippen molar-refractivity contribution in [3.8, 4) is 0 Å². The van der Waals surface area contributed by atoms with Crippen molar-refractivity contribution >= 4 is 86.0 Å². The highest BCUT2D eigenvalue weighted by molar-refractivity contribution is 7.92. The molecule has 1 amide bonds. The number of sulfone groups is 3. The van der Waals surface area contributed by atoms with Crippen molar-refractivity contribution in [1.29, 1.82) is 0 Å². The Labute approximate surface area is 484 Å². The molecule has 0 radical (unpaired) electrons. The van der Waals surface area contributed by atoms with Crippen LogP contribution >= 0.6 is 0 Å². The Morgan fingerprint density at radius 1 is 0.446 bits per heavy atom. The molecule has 0 atom stereocenters. The number of ether oxygens (including phenoxy) is 2. The molecular weight excluding hydrogens is 1110 g/mol. The van der Waals surface area contributed by atoms with Crippen molar-refractivity contribution < 1.29 is 53.9 Å². The highest BCUT2D eigenvalue weighted by atomic mass is 32.2. The zero-order chi connectivity index (χ0) is 60.4. The maximum Gasteiger partial charge on any atom is 0.371 e. The van der Waals surface area contributed by atoms with E-state index in [9.17, 15) is 44.4 Å². The Bertz CT molecular complexity index is 3970. The van der Waals surface area contributed by atoms with Crippen molar-refractivity contribution in [1.82, 2.24) is 16.0 Å². The number of hydrogen-bond acceptors (Lipinski definition) is 16. The normalized spacial score (nSPS) is 11.0. The van der Waals surface area contributed by atoms with Gasteiger partial charge in [0.2, 0.25) is 41.7 Å². The van der Waals surface area contributed by atoms with Gasteiger partial charge in [0.15, 0.2) is 0 Å². The molecule has 0 bridgehead atoms. The molecule has 434 valence electrons. The van der Waals surface area contributed by atoms with Crippen LogP contribution in [0.2, 0.25) is 0 Å². The van der Waals surface area contributed by atoms with Gasteiger partial charge in [0.25, 0.3) is 0 Å². The van der Waals surface area contributed by atoms with Crippen LogP contribution in [0.1, 0.15) is 30.5 Å². The van der Waals surface area contributed by atoms with Gasteiger partial charge >= 0.3 is 11.9 Å². The van der Waals surface area contributed by atoms with Crippen LogP contribution in [-0.4, -0.2) is 89.8 Å². The largest absolute Gasteiger partial charge is 0.465 e. The maximum absolute atomic E-state index is 12.8. The molecule has 0 aliphatic heterocycles. The molecule has 0 aromatic heterocycles. The highest BCUT2D eigenvalue weighted by Crippen LogP contribution is 2.30. The molecule has 0 heterocycles. The quantitative estimate of drug-likeness (QED) is 0.0307. The van der Waals surface area contributed by atoms with Crippen molar-refractivity contribution in [3.05, 3.63) is 217 Å². The third-order valence-electron chi connectivity index (χ3n) is 12.3. The first-order valence-electron chi connectivity index (χ1n) is 26.1. The van der Waals surface area contributed by atoms with Gasteiger partial charge in [0.1, 0.15) is 0 Å². The van der Waals surface area contributed by atoms with E-state index in [4.69, 9.17) is 10.5 Å². The number of rotatable bonds is 18. The molecule has 0 unspecified atom stereocenters. The van der Waals surface area contributed by atoms with Crippen LogP contribution < -0.4 is 27.4 Å². The van der Waals surface area contributed by atoms with Crippen LogP contribution in [0.3, 0.4) is 0 Å². The summed E-state index contributed by atoms with van der Waals surface area (Å²) in [5, 5.41) is 14.2. The molecular formula is C63H67N5O12S3. The van der Waals surface area contributed by atoms with Gasteiger partial charge in [0.05, 0.1) is 55.7 Å². The third-order valence-corrected chi connectivity index (χ3v) is 17.6. The number of aldehydes is 1. The van der Waals surface area contributed by atoms with Crippen LogP contribution in [0.5, 0.6) is 0 Å². The topological polar surface area (TPSA) is 277 Å². The van der Waals surface area contributed by atoms with Crippen LogP contribution in [0.15, 0.2) is 230 Å². The molecule has 20 heteroatoms. The summed E-state index contributed by atoms with van der Waals surface area (Å²) < 4.78 is 85.5. The van der Waals surface area contributed by atoms with Crippen LogP contribution in [-0.2, 0) is 77.8 Å². The van der Waals surface area contributed by atoms with E-state index < -0.39 is 35.5 Å². The van der Waals surface area contributed by atoms with E-state index in [1.54, 1.807) is 148 Å². The fraction of sp³-hybridized carbons (Fsp3) is 0.175. The average molecular weight is 1180 g/mol. The Balaban J connectivity index is 0.000000213. The van der Waals surface area contributed by atoms with E-state index in [1.165, 1.54) is 7.05 Å². The summed E-state index contributed by atoms with van der Waals surface area (Å²) >= 11 is 0. The molecule has 0 spiro atoms. The summed E-state index contributed by atoms with van der Waals surface area (Å²) in [5.41, 5.74) is 13.2. The van der Waals surface area contributed by atoms with Crippen molar-refractivity contribution in [2.45, 2.75) is 62.9 Å². The summed E-state index contributed by atoms with van der Waals surface area (Å²) in [5.74, 6) is -1.18. The predicted molar refractivity (Wildman–Crippen MR) is 322 cm³/mol. The fourth-order valence-electron chi connectivity index (χ4n) is 8.27. The molecule has 0 saturated heterocycles. The maximum atomic E-state index is 12.8. The first kappa shape index (κ1) is 65.3. The van der Waals surface area contributed by atoms with Gasteiger partial charge in [-0.3, -0.25) is 14.4 Å². The molecule has 9 rings (SSSR count). The summed E-state index contributed by atoms with van der Waals surface area (Å²) in [6.07, 6.45) is 0.142. The number of carbonyl (C=O) groups excluding carboxylic acids is 4. The van der Waals surface area contributed by atoms with Gasteiger partial charge in [-0.15, -0.1) is 0 Å². The van der Waals surface area contributed by atoms with Gasteiger partial charge in [-0.05, 0) is 143 Å². The standard InChI is InChI=1S/C21H21NO4S.C20H20N2O3S.C17H15NO2S.C4H6O3.CH5N/c1-2-26-21(23)15-22-14-17-8-6-7-16-13-19(11-12-20(16)17)27(24,25)18-9-4-3-5-10-18;1-21-20(23)14-22-13-16-7-5-6-15-12-18(10-11-19(15)16)26(24,25)17-8-3-2-4-9-17;18-12-14-6-4-5-13-11-16(9-10-17(13)14)21(19,20)15-7-2-1-3-8-15;1-2-7-4(6)3-5;1-2/h3-13,22H,2,14-15H2,1H3;2-12,22H,13-14H2,1H3,(H,21,23);1-11H,12,18H2;3H,2H2,1H3;2H2,1H3. The van der Waals surface area contributed by atoms with E-state index in [0.717, 1.165) is 49.0 Å². The second-order valence-electron chi connectivity index (χ2n) is 17.6. The number of amides is 1. The predicted octanol–water partition coefficient (Wildman–Crippen LogP) is 8.29. The minimum absolute atomic E-state index is 0.0820. The van der Waals surface area contributed by atoms with E-state index in [2.05, 4.69) is 26.4 Å². The molecule has 7 N–H and O–H groups in total. The van der Waals surface area contributed by atoms with E-state index in [1.807, 2.05) is 72.8 Å². The second kappa shape index (κ2) is 32.2. The molecule has 0 aliphatic carbocycles. The van der Waals surface area contributed by atoms with Gasteiger partial charge in [-0.1, -0.05) is 127 Å². The first-order chi connectivity index (χ1) is 40.0. The van der Waals surface area contributed by atoms with Crippen molar-refractivity contribution in [2.75, 3.05) is 40.4 Å². The molecule has 9 aromatic rings. The van der Waals surface area contributed by atoms with Crippen LogP contribution in [0.4, 0.5) is 0 Å². The van der Waals surface area contributed by atoms with Crippen LogP contribution in [0, 0.1) is 0 Å². The summed E-state index contributed by atoms with van der Waals surface area (Å²) in [7, 11) is -7.49. The fourth-order valence-corrected chi connectivity index (χ4v) is 12.2. The van der Waals surface area contributed by atoms with Gasteiger partial charge in [0, 0.05) is 26.7 Å². The van der Waals surface area contributed by atoms with Crippen molar-refractivity contribution in [3.63, 3.8) is 0 Å². The van der Waals surface area contributed by atoms with E-state index in [-0.39, 0.29) is 57.4 Å². The number of fused-ring (bicyclic) bond motifs is 3. The Kier molecular flexibility index (Phi) is 25.4. The van der Waals surface area contributed by atoms with Crippen molar-refractivity contribution in [2.24, 2.45) is 11.5 Å². The molecule has 83 heavy (non-hydrogen) atoms. The Morgan fingerprint density at radius 2 is 0.795 bits per heavy atom. The Morgan fingerprint density at radius 3 is 1.12 bits per heavy atom. The molecule has 17 nitrogen and oxygen atoms in total. The SMILES string of the molecule is CCOC(=O)C=O.CCOC(=O)CNCc1cccc2cc(S(=O)(=O)c3ccccc3)ccc12.CN.CNC(=O)CNCc1cccc2cc(S(=O)(=O)c3ccccc3)ccc12.NCc1cccc2cc(S(=O)(=O)c3ccccc3)ccc12. The molecule has 0 saturated carbocycles. The van der Waals surface area contributed by atoms with Gasteiger partial charge < -0.3 is 36.9 Å². The lowest BCUT2D eigenvalue weighted by Crippen LogP contribution is -2.30. The molecule has 9 aromatic carbocycles. The van der Waals surface area contributed by atoms with Gasteiger partial charge in [-0.2, -0.15) is 0 Å². The monoisotopic (exact) mass is 1180 g/mol. The number of hydrogen-bond donors (Lipinski definition) is 5. The zero-order valence-electron chi connectivity index (χ0n) is 46.4. The highest BCUT2D eigenvalue weighted by Gasteiger charge is 2.21. The van der Waals surface area contributed by atoms with E-state index in [0.29, 0.717) is 36.0 Å². The second-order valence-corrected chi connectivity index (χ2v) is 23.5. The lowest BCUT2D eigenvalue weighted by molar-refractivity contribution is -0.148. The summed E-state index contributed by atoms with van der Waals surface area (Å²) in [6.45, 7) is 5.83. The van der Waals surface area contributed by atoms with E-state index >= 15 is 0 Å². The third kappa shape index (κ3) is 18.0. The number of nitrogens with one attached hydrogen (secondary N) is 3. The number of carbonyl (C=O) groups is 4. The van der Waals surface area contributed by atoms with Gasteiger partial charge in [-0.25, -0.2) is 30.0 Å². The number of nitrogens with two attached hydrogens (primary N) is 2. The Hall–Kier alpha value is -8.47. The summed E-state index contributed by atoms with van der Waals surface area (Å²) in [6, 6.07) is 57.9. The lowest BCUT2D eigenvalue weighted by Gasteiger charge is -2.10. The molecule has 0 fully saturated rings. The summed E-state index contributed by atoms with van der Waals surface area (Å²) in [4.78, 5) is 43.7. The average Bonchev–Trinajstić information content (AvgIpc) is 3.71. The minimum Gasteiger partial charge on any atom is -0.465 e. The van der Waals surface area contributed by atoms with Crippen LogP contribution in [0.25, 0.3) is 32.3 Å². The minimum atomic E-state index is -3.55.